The summed E-state index contributed by atoms with van der Waals surface area (Å²) in [5.74, 6) is -0.355. The zero-order chi connectivity index (χ0) is 19.9. The first-order chi connectivity index (χ1) is 13.4. The number of aryl methyl sites for hydroxylation is 1. The summed E-state index contributed by atoms with van der Waals surface area (Å²) in [6.45, 7) is 2.27. The second kappa shape index (κ2) is 7.44. The van der Waals surface area contributed by atoms with E-state index in [2.05, 4.69) is 10.3 Å². The highest BCUT2D eigenvalue weighted by atomic mass is 35.5. The first kappa shape index (κ1) is 19.3. The van der Waals surface area contributed by atoms with Gasteiger partial charge < -0.3 is 5.32 Å². The number of thiazole rings is 1. The minimum Gasteiger partial charge on any atom is -0.301 e. The van der Waals surface area contributed by atoms with Gasteiger partial charge in [0, 0.05) is 11.6 Å². The summed E-state index contributed by atoms with van der Waals surface area (Å²) in [7, 11) is -3.78. The fraction of sp³-hybridized carbons (Fsp3) is 0.263. The number of rotatable bonds is 4. The second-order valence-electron chi connectivity index (χ2n) is 6.66. The van der Waals surface area contributed by atoms with Crippen LogP contribution in [0, 0.1) is 6.92 Å². The van der Waals surface area contributed by atoms with Crippen LogP contribution in [0.4, 0.5) is 5.13 Å². The molecule has 1 N–H and O–H groups in total. The minimum atomic E-state index is -3.78. The fourth-order valence-corrected chi connectivity index (χ4v) is 6.09. The zero-order valence-corrected chi connectivity index (χ0v) is 17.4. The maximum absolute atomic E-state index is 13.0. The summed E-state index contributed by atoms with van der Waals surface area (Å²) < 4.78 is 28.2. The van der Waals surface area contributed by atoms with Gasteiger partial charge in [0.2, 0.25) is 15.9 Å². The third-order valence-corrected chi connectivity index (χ3v) is 7.89. The van der Waals surface area contributed by atoms with Gasteiger partial charge in [0.05, 0.1) is 15.1 Å². The average Bonchev–Trinajstić information content (AvgIpc) is 3.30. The number of carbonyl (C=O) groups excluding carboxylic acids is 1. The van der Waals surface area contributed by atoms with Crippen molar-refractivity contribution in [3.05, 3.63) is 53.1 Å². The summed E-state index contributed by atoms with van der Waals surface area (Å²) >= 11 is 7.24. The number of benzene rings is 2. The van der Waals surface area contributed by atoms with Gasteiger partial charge in [-0.25, -0.2) is 13.4 Å². The topological polar surface area (TPSA) is 79.4 Å². The Bertz CT molecular complexity index is 1140. The van der Waals surface area contributed by atoms with E-state index in [9.17, 15) is 13.2 Å². The number of para-hydroxylation sites is 1. The van der Waals surface area contributed by atoms with Crippen molar-refractivity contribution in [1.29, 1.82) is 0 Å². The van der Waals surface area contributed by atoms with Crippen LogP contribution >= 0.6 is 22.9 Å². The summed E-state index contributed by atoms with van der Waals surface area (Å²) in [6.07, 6.45) is 1.10. The van der Waals surface area contributed by atoms with Crippen molar-refractivity contribution in [3.63, 3.8) is 0 Å². The van der Waals surface area contributed by atoms with Gasteiger partial charge in [-0.3, -0.25) is 4.79 Å². The molecule has 0 radical (unpaired) electrons. The third-order valence-electron chi connectivity index (χ3n) is 4.78. The molecule has 4 rings (SSSR count). The van der Waals surface area contributed by atoms with Crippen LogP contribution in [0.1, 0.15) is 18.4 Å². The molecule has 1 atom stereocenters. The Hall–Kier alpha value is -2.00. The van der Waals surface area contributed by atoms with Gasteiger partial charge in [0.1, 0.15) is 6.04 Å². The molecule has 146 valence electrons. The molecule has 3 aromatic rings. The molecule has 1 amide bonds. The van der Waals surface area contributed by atoms with Crippen LogP contribution in [0.3, 0.4) is 0 Å². The Morgan fingerprint density at radius 2 is 2.00 bits per heavy atom. The zero-order valence-electron chi connectivity index (χ0n) is 15.1. The number of carbonyl (C=O) groups is 1. The lowest BCUT2D eigenvalue weighted by Gasteiger charge is -2.23. The molecule has 1 aliphatic heterocycles. The van der Waals surface area contributed by atoms with Crippen LogP contribution in [-0.4, -0.2) is 36.2 Å². The summed E-state index contributed by atoms with van der Waals surface area (Å²) in [5.41, 5.74) is 1.88. The molecular formula is C19H18ClN3O3S2. The lowest BCUT2D eigenvalue weighted by atomic mass is 10.2. The molecule has 1 aliphatic rings. The van der Waals surface area contributed by atoms with Gasteiger partial charge in [-0.15, -0.1) is 0 Å². The highest BCUT2D eigenvalue weighted by molar-refractivity contribution is 7.89. The van der Waals surface area contributed by atoms with Crippen molar-refractivity contribution in [3.8, 4) is 0 Å². The molecule has 1 unspecified atom stereocenters. The monoisotopic (exact) mass is 435 g/mol. The predicted octanol–water partition coefficient (Wildman–Crippen LogP) is 4.05. The van der Waals surface area contributed by atoms with Gasteiger partial charge in [-0.05, 0) is 55.7 Å². The molecular weight excluding hydrogens is 418 g/mol. The molecule has 28 heavy (non-hydrogen) atoms. The Balaban J connectivity index is 1.57. The second-order valence-corrected chi connectivity index (χ2v) is 10.0. The maximum atomic E-state index is 13.0. The van der Waals surface area contributed by atoms with Crippen molar-refractivity contribution in [1.82, 2.24) is 9.29 Å². The molecule has 6 nitrogen and oxygen atoms in total. The van der Waals surface area contributed by atoms with Crippen LogP contribution in [0.15, 0.2) is 47.4 Å². The van der Waals surface area contributed by atoms with E-state index in [-0.39, 0.29) is 10.8 Å². The molecule has 1 fully saturated rings. The summed E-state index contributed by atoms with van der Waals surface area (Å²) in [4.78, 5) is 17.5. The van der Waals surface area contributed by atoms with Crippen LogP contribution < -0.4 is 5.32 Å². The Morgan fingerprint density at radius 3 is 2.71 bits per heavy atom. The van der Waals surface area contributed by atoms with E-state index in [1.54, 1.807) is 0 Å². The van der Waals surface area contributed by atoms with E-state index in [4.69, 9.17) is 11.6 Å². The van der Waals surface area contributed by atoms with E-state index in [1.807, 2.05) is 25.1 Å². The Morgan fingerprint density at radius 1 is 1.25 bits per heavy atom. The molecule has 2 aromatic carbocycles. The van der Waals surface area contributed by atoms with E-state index >= 15 is 0 Å². The van der Waals surface area contributed by atoms with Crippen molar-refractivity contribution < 1.29 is 13.2 Å². The number of sulfonamides is 1. The van der Waals surface area contributed by atoms with E-state index in [0.717, 1.165) is 15.8 Å². The van der Waals surface area contributed by atoms with Gasteiger partial charge in [0.15, 0.2) is 5.13 Å². The van der Waals surface area contributed by atoms with Crippen LogP contribution in [0.25, 0.3) is 10.2 Å². The predicted molar refractivity (Wildman–Crippen MR) is 111 cm³/mol. The number of nitrogens with zero attached hydrogens (tertiary/aromatic N) is 2. The first-order valence-electron chi connectivity index (χ1n) is 8.81. The normalized spacial score (nSPS) is 17.9. The number of halogens is 1. The minimum absolute atomic E-state index is 0.132. The number of hydrogen-bond donors (Lipinski definition) is 1. The molecule has 0 spiro atoms. The SMILES string of the molecule is Cc1cccc2sc(NC(=O)C3CCCN3S(=O)(=O)c3ccc(Cl)cc3)nc12. The van der Waals surface area contributed by atoms with Gasteiger partial charge in [-0.2, -0.15) is 4.31 Å². The van der Waals surface area contributed by atoms with E-state index in [1.165, 1.54) is 39.9 Å². The van der Waals surface area contributed by atoms with Crippen LogP contribution in [0.2, 0.25) is 5.02 Å². The standard InChI is InChI=1S/C19H18ClN3O3S2/c1-12-4-2-6-16-17(12)21-19(27-16)22-18(24)15-5-3-11-23(15)28(25,26)14-9-7-13(20)8-10-14/h2,4,6-10,15H,3,5,11H2,1H3,(H,21,22,24). The average molecular weight is 436 g/mol. The summed E-state index contributed by atoms with van der Waals surface area (Å²) in [6, 6.07) is 11.1. The molecule has 0 aliphatic carbocycles. The number of aromatic nitrogens is 1. The Kier molecular flexibility index (Phi) is 5.13. The summed E-state index contributed by atoms with van der Waals surface area (Å²) in [5, 5.41) is 3.74. The highest BCUT2D eigenvalue weighted by Gasteiger charge is 2.39. The highest BCUT2D eigenvalue weighted by Crippen LogP contribution is 2.30. The lowest BCUT2D eigenvalue weighted by molar-refractivity contribution is -0.119. The molecule has 1 saturated heterocycles. The molecule has 9 heteroatoms. The quantitative estimate of drug-likeness (QED) is 0.670. The van der Waals surface area contributed by atoms with Crippen molar-refractivity contribution in [2.75, 3.05) is 11.9 Å². The van der Waals surface area contributed by atoms with Crippen molar-refractivity contribution in [2.45, 2.75) is 30.7 Å². The smallest absolute Gasteiger partial charge is 0.244 e. The third kappa shape index (κ3) is 3.53. The molecule has 0 bridgehead atoms. The lowest BCUT2D eigenvalue weighted by Crippen LogP contribution is -2.43. The first-order valence-corrected chi connectivity index (χ1v) is 11.4. The number of hydrogen-bond acceptors (Lipinski definition) is 5. The van der Waals surface area contributed by atoms with E-state index in [0.29, 0.717) is 29.5 Å². The maximum Gasteiger partial charge on any atom is 0.244 e. The number of nitrogens with one attached hydrogen (secondary N) is 1. The van der Waals surface area contributed by atoms with Gasteiger partial charge in [0.25, 0.3) is 0 Å². The van der Waals surface area contributed by atoms with Crippen LogP contribution in [0.5, 0.6) is 0 Å². The molecule has 1 aromatic heterocycles. The van der Waals surface area contributed by atoms with Crippen LogP contribution in [-0.2, 0) is 14.8 Å². The van der Waals surface area contributed by atoms with E-state index < -0.39 is 16.1 Å². The van der Waals surface area contributed by atoms with Gasteiger partial charge >= 0.3 is 0 Å². The van der Waals surface area contributed by atoms with Crippen molar-refractivity contribution >= 4 is 54.2 Å². The number of anilines is 1. The van der Waals surface area contributed by atoms with Crippen molar-refractivity contribution in [2.24, 2.45) is 0 Å². The number of fused-ring (bicyclic) bond motifs is 1. The largest absolute Gasteiger partial charge is 0.301 e. The molecule has 2 heterocycles. The number of amides is 1. The fourth-order valence-electron chi connectivity index (χ4n) is 3.36. The molecule has 0 saturated carbocycles. The Labute approximate surface area is 172 Å². The van der Waals surface area contributed by atoms with Gasteiger partial charge in [-0.1, -0.05) is 35.1 Å².